The van der Waals surface area contributed by atoms with Crippen LogP contribution in [0.5, 0.6) is 23.0 Å². The van der Waals surface area contributed by atoms with E-state index < -0.39 is 22.2 Å². The Kier molecular flexibility index (Phi) is 6.26. The molecule has 2 aliphatic rings. The number of hydrogen-bond donors (Lipinski definition) is 0. The number of nitrogens with zero attached hydrogens (tertiary/aromatic N) is 4. The molecule has 1 aromatic carbocycles. The molecule has 0 atom stereocenters. The predicted octanol–water partition coefficient (Wildman–Crippen LogP) is 2.67. The van der Waals surface area contributed by atoms with Gasteiger partial charge in [-0.15, -0.1) is 0 Å². The summed E-state index contributed by atoms with van der Waals surface area (Å²) in [5.41, 5.74) is -4.58. The van der Waals surface area contributed by atoms with Gasteiger partial charge in [-0.25, -0.2) is 0 Å². The van der Waals surface area contributed by atoms with Gasteiger partial charge in [-0.2, -0.15) is 0 Å². The second-order valence-electron chi connectivity index (χ2n) is 10.9. The average molecular weight is 509 g/mol. The van der Waals surface area contributed by atoms with E-state index in [0.717, 1.165) is 0 Å². The molecular weight excluding hydrogens is 472 g/mol. The molecule has 200 valence electrons. The Morgan fingerprint density at radius 3 is 0.917 bits per heavy atom. The van der Waals surface area contributed by atoms with Crippen LogP contribution < -0.4 is 18.9 Å². The average Bonchev–Trinajstić information content (AvgIpc) is 3.00. The summed E-state index contributed by atoms with van der Waals surface area (Å²) in [6.07, 6.45) is 0. The first-order valence-electron chi connectivity index (χ1n) is 11.5. The lowest BCUT2D eigenvalue weighted by molar-refractivity contribution is -0.540. The first-order valence-corrected chi connectivity index (χ1v) is 11.5. The standard InChI is InChI=1S/C24H36N4O8/c1-21(2)22(3,4)26(30)19(25(21)29)13-15(33-9)17(35-11)14(18(36-12)16(13)34-10)20-27(31)23(5,6)24(7,8)28(20)32/h1-12H3. The number of hydroxylamine groups is 6. The fraction of sp³-hybridized carbons (Fsp3) is 0.667. The molecule has 0 bridgehead atoms. The van der Waals surface area contributed by atoms with Crippen molar-refractivity contribution in [2.45, 2.75) is 77.5 Å². The highest BCUT2D eigenvalue weighted by Gasteiger charge is 2.63. The maximum atomic E-state index is 13.5. The van der Waals surface area contributed by atoms with Crippen LogP contribution in [0.4, 0.5) is 0 Å². The van der Waals surface area contributed by atoms with Crippen molar-refractivity contribution in [3.8, 4) is 23.0 Å². The fourth-order valence-electron chi connectivity index (χ4n) is 4.47. The molecule has 2 heterocycles. The van der Waals surface area contributed by atoms with E-state index in [1.165, 1.54) is 28.4 Å². The Hall–Kier alpha value is -3.12. The van der Waals surface area contributed by atoms with Gasteiger partial charge in [-0.1, -0.05) is 10.1 Å². The number of hydrogen-bond acceptors (Lipinski definition) is 8. The van der Waals surface area contributed by atoms with Crippen molar-refractivity contribution in [1.82, 2.24) is 10.1 Å². The van der Waals surface area contributed by atoms with Crippen molar-refractivity contribution in [1.29, 1.82) is 0 Å². The minimum absolute atomic E-state index is 0.0203. The maximum Gasteiger partial charge on any atom is 0.324 e. The smallest absolute Gasteiger partial charge is 0.324 e. The molecule has 1 aromatic rings. The third-order valence-electron chi connectivity index (χ3n) is 8.38. The number of amidine groups is 2. The van der Waals surface area contributed by atoms with Gasteiger partial charge in [-0.3, -0.25) is 9.48 Å². The van der Waals surface area contributed by atoms with Gasteiger partial charge in [0.15, 0.2) is 45.2 Å². The minimum Gasteiger partial charge on any atom is -0.714 e. The van der Waals surface area contributed by atoms with Crippen LogP contribution in [-0.4, -0.2) is 81.9 Å². The lowest BCUT2D eigenvalue weighted by atomic mass is 9.84. The Balaban J connectivity index is 2.56. The summed E-state index contributed by atoms with van der Waals surface area (Å²) >= 11 is 0. The van der Waals surface area contributed by atoms with Crippen molar-refractivity contribution < 1.29 is 38.8 Å². The molecule has 0 saturated carbocycles. The molecule has 3 rings (SSSR count). The minimum atomic E-state index is -1.13. The first-order chi connectivity index (χ1) is 16.4. The van der Waals surface area contributed by atoms with Crippen molar-refractivity contribution in [2.75, 3.05) is 28.4 Å². The zero-order valence-electron chi connectivity index (χ0n) is 23.1. The number of rotatable bonds is 6. The number of benzene rings is 1. The summed E-state index contributed by atoms with van der Waals surface area (Å²) in [7, 11) is 5.29. The molecule has 0 spiro atoms. The third-order valence-corrected chi connectivity index (χ3v) is 8.38. The van der Waals surface area contributed by atoms with Gasteiger partial charge in [0.25, 0.3) is 0 Å². The Morgan fingerprint density at radius 1 is 0.556 bits per heavy atom. The molecule has 0 N–H and O–H groups in total. The van der Waals surface area contributed by atoms with Crippen molar-refractivity contribution in [3.63, 3.8) is 0 Å². The highest BCUT2D eigenvalue weighted by molar-refractivity contribution is 6.09. The summed E-state index contributed by atoms with van der Waals surface area (Å²) in [5.74, 6) is -0.813. The topological polar surface area (TPSA) is 135 Å². The first kappa shape index (κ1) is 27.5. The second-order valence-corrected chi connectivity index (χ2v) is 10.9. The molecule has 0 fully saturated rings. The Morgan fingerprint density at radius 2 is 0.778 bits per heavy atom. The van der Waals surface area contributed by atoms with E-state index in [1.54, 1.807) is 55.4 Å². The zero-order chi connectivity index (χ0) is 27.8. The highest BCUT2D eigenvalue weighted by Crippen LogP contribution is 2.53. The van der Waals surface area contributed by atoms with E-state index in [9.17, 15) is 20.8 Å². The molecule has 0 amide bonds. The molecule has 36 heavy (non-hydrogen) atoms. The second kappa shape index (κ2) is 8.20. The molecule has 2 aliphatic heterocycles. The van der Waals surface area contributed by atoms with Crippen LogP contribution in [0.1, 0.15) is 66.5 Å². The summed E-state index contributed by atoms with van der Waals surface area (Å²) in [4.78, 5) is 0. The van der Waals surface area contributed by atoms with Crippen LogP contribution in [-0.2, 0) is 10.4 Å². The van der Waals surface area contributed by atoms with E-state index in [4.69, 9.17) is 18.9 Å². The molecule has 2 radical (unpaired) electrons. The fourth-order valence-corrected chi connectivity index (χ4v) is 4.47. The largest absolute Gasteiger partial charge is 0.714 e. The molecule has 12 nitrogen and oxygen atoms in total. The SMILES string of the molecule is COc1c(OC)c(C2=[N+]([O-])C(C)(C)C(C)(C)N2[O])c(OC)c(OC)c1C1=[N+]([O-])C(C)(C)C(C)(C)N1[O]. The molecular formula is C24H36N4O8. The van der Waals surface area contributed by atoms with Crippen LogP contribution in [0.2, 0.25) is 0 Å². The van der Waals surface area contributed by atoms with Gasteiger partial charge in [0.2, 0.25) is 0 Å². The quantitative estimate of drug-likeness (QED) is 0.423. The summed E-state index contributed by atoms with van der Waals surface area (Å²) < 4.78 is 23.9. The van der Waals surface area contributed by atoms with Crippen LogP contribution >= 0.6 is 0 Å². The third kappa shape index (κ3) is 3.06. The molecule has 0 unspecified atom stereocenters. The van der Waals surface area contributed by atoms with Gasteiger partial charge in [0.05, 0.1) is 28.4 Å². The molecule has 0 saturated heterocycles. The van der Waals surface area contributed by atoms with Crippen molar-refractivity contribution >= 4 is 11.7 Å². The molecule has 12 heteroatoms. The van der Waals surface area contributed by atoms with Gasteiger partial charge >= 0.3 is 11.7 Å². The Bertz CT molecular complexity index is 1030. The Labute approximate surface area is 211 Å². The monoisotopic (exact) mass is 508 g/mol. The van der Waals surface area contributed by atoms with Crippen LogP contribution in [0.15, 0.2) is 0 Å². The van der Waals surface area contributed by atoms with Gasteiger partial charge in [0.1, 0.15) is 11.1 Å². The predicted molar refractivity (Wildman–Crippen MR) is 129 cm³/mol. The van der Waals surface area contributed by atoms with Crippen LogP contribution in [0.25, 0.3) is 0 Å². The summed E-state index contributed by atoms with van der Waals surface area (Å²) in [6, 6.07) is 0. The summed E-state index contributed by atoms with van der Waals surface area (Å²) in [5, 5.41) is 55.3. The number of ether oxygens (including phenoxy) is 4. The van der Waals surface area contributed by atoms with E-state index in [1.807, 2.05) is 0 Å². The zero-order valence-corrected chi connectivity index (χ0v) is 23.1. The molecule has 0 aliphatic carbocycles. The lowest BCUT2D eigenvalue weighted by Gasteiger charge is -2.32. The lowest BCUT2D eigenvalue weighted by Crippen LogP contribution is -2.53. The summed E-state index contributed by atoms with van der Waals surface area (Å²) in [6.45, 7) is 13.2. The van der Waals surface area contributed by atoms with E-state index in [2.05, 4.69) is 0 Å². The number of methoxy groups -OCH3 is 4. The molecule has 0 aromatic heterocycles. The maximum absolute atomic E-state index is 13.5. The van der Waals surface area contributed by atoms with E-state index in [0.29, 0.717) is 19.6 Å². The van der Waals surface area contributed by atoms with Crippen molar-refractivity contribution in [3.05, 3.63) is 21.5 Å². The van der Waals surface area contributed by atoms with Gasteiger partial charge < -0.3 is 29.4 Å². The van der Waals surface area contributed by atoms with E-state index >= 15 is 0 Å². The highest BCUT2D eigenvalue weighted by atomic mass is 16.6. The van der Waals surface area contributed by atoms with Crippen LogP contribution in [0.3, 0.4) is 0 Å². The van der Waals surface area contributed by atoms with E-state index in [-0.39, 0.29) is 45.8 Å². The normalized spacial score (nSPS) is 21.8. The van der Waals surface area contributed by atoms with Crippen molar-refractivity contribution in [2.24, 2.45) is 0 Å². The van der Waals surface area contributed by atoms with Crippen LogP contribution in [0, 0.1) is 10.4 Å². The van der Waals surface area contributed by atoms with Gasteiger partial charge in [-0.05, 0) is 55.4 Å². The van der Waals surface area contributed by atoms with Gasteiger partial charge in [0, 0.05) is 10.4 Å².